The lowest BCUT2D eigenvalue weighted by molar-refractivity contribution is 0.108. The Bertz CT molecular complexity index is 709. The molecule has 1 aliphatic carbocycles. The van der Waals surface area contributed by atoms with Gasteiger partial charge in [-0.25, -0.2) is 4.99 Å². The number of aliphatic hydroxyl groups excluding tert-OH is 1. The van der Waals surface area contributed by atoms with Crippen LogP contribution in [0.25, 0.3) is 6.20 Å². The van der Waals surface area contributed by atoms with E-state index in [9.17, 15) is 5.11 Å². The Hall–Kier alpha value is -1.63. The van der Waals surface area contributed by atoms with Gasteiger partial charge in [-0.15, -0.1) is 0 Å². The molecular formula is C19H27N3O3. The van der Waals surface area contributed by atoms with Gasteiger partial charge >= 0.3 is 0 Å². The van der Waals surface area contributed by atoms with Gasteiger partial charge in [0.2, 0.25) is 0 Å². The van der Waals surface area contributed by atoms with E-state index in [4.69, 9.17) is 14.5 Å². The molecule has 1 aromatic rings. The summed E-state index contributed by atoms with van der Waals surface area (Å²) in [5.41, 5.74) is 0. The van der Waals surface area contributed by atoms with Crippen molar-refractivity contribution in [2.24, 2.45) is 4.99 Å². The van der Waals surface area contributed by atoms with Crippen LogP contribution in [0, 0.1) is 0 Å². The number of nitrogens with zero attached hydrogens (tertiary/aromatic N) is 2. The highest BCUT2D eigenvalue weighted by Crippen LogP contribution is 2.19. The molecule has 2 heterocycles. The second-order valence-corrected chi connectivity index (χ2v) is 7.29. The zero-order chi connectivity index (χ0) is 17.2. The van der Waals surface area contributed by atoms with Crippen LogP contribution in [0.1, 0.15) is 32.1 Å². The zero-order valence-corrected chi connectivity index (χ0v) is 14.7. The summed E-state index contributed by atoms with van der Waals surface area (Å²) in [6.07, 6.45) is 6.75. The minimum atomic E-state index is -0.134. The maximum atomic E-state index is 9.67. The van der Waals surface area contributed by atoms with E-state index in [-0.39, 0.29) is 18.5 Å². The largest absolute Gasteiger partial charge is 0.488 e. The zero-order valence-electron chi connectivity index (χ0n) is 14.7. The molecule has 0 bridgehead atoms. The van der Waals surface area contributed by atoms with E-state index in [1.807, 2.05) is 19.2 Å². The van der Waals surface area contributed by atoms with E-state index in [2.05, 4.69) is 22.5 Å². The van der Waals surface area contributed by atoms with Gasteiger partial charge in [-0.2, -0.15) is 0 Å². The molecule has 0 radical (unpaired) electrons. The van der Waals surface area contributed by atoms with Gasteiger partial charge in [0.25, 0.3) is 0 Å². The molecule has 0 spiro atoms. The van der Waals surface area contributed by atoms with Crippen LogP contribution in [-0.4, -0.2) is 54.8 Å². The monoisotopic (exact) mass is 345 g/mol. The summed E-state index contributed by atoms with van der Waals surface area (Å²) in [6, 6.07) is 6.50. The molecule has 3 aliphatic rings. The third kappa shape index (κ3) is 3.97. The van der Waals surface area contributed by atoms with Crippen LogP contribution in [0.4, 0.5) is 0 Å². The summed E-state index contributed by atoms with van der Waals surface area (Å²) >= 11 is 0. The van der Waals surface area contributed by atoms with Crippen LogP contribution in [-0.2, 0) is 4.74 Å². The lowest BCUT2D eigenvalue weighted by atomic mass is 9.93. The Morgan fingerprint density at radius 3 is 2.84 bits per heavy atom. The first-order chi connectivity index (χ1) is 12.2. The highest BCUT2D eigenvalue weighted by Gasteiger charge is 2.24. The van der Waals surface area contributed by atoms with E-state index in [0.717, 1.165) is 55.0 Å². The molecule has 2 N–H and O–H groups in total. The number of hydrogen-bond donors (Lipinski definition) is 2. The molecule has 6 nitrogen and oxygen atoms in total. The van der Waals surface area contributed by atoms with Gasteiger partial charge in [-0.3, -0.25) is 5.32 Å². The van der Waals surface area contributed by atoms with Crippen molar-refractivity contribution in [3.63, 3.8) is 0 Å². The fourth-order valence-electron chi connectivity index (χ4n) is 3.74. The maximum absolute atomic E-state index is 9.67. The van der Waals surface area contributed by atoms with Gasteiger partial charge in [-0.1, -0.05) is 0 Å². The Balaban J connectivity index is 1.49. The summed E-state index contributed by atoms with van der Waals surface area (Å²) in [5, 5.41) is 15.4. The van der Waals surface area contributed by atoms with Gasteiger partial charge in [-0.05, 0) is 37.8 Å². The predicted octanol–water partition coefficient (Wildman–Crippen LogP) is 0.334. The molecule has 1 aromatic carbocycles. The van der Waals surface area contributed by atoms with Crippen molar-refractivity contribution in [2.75, 3.05) is 20.3 Å². The quantitative estimate of drug-likeness (QED) is 0.824. The first kappa shape index (κ1) is 16.8. The fraction of sp³-hybridized carbons (Fsp3) is 0.632. The first-order valence-electron chi connectivity index (χ1n) is 9.27. The molecule has 6 heteroatoms. The lowest BCUT2D eigenvalue weighted by Crippen LogP contribution is -2.51. The van der Waals surface area contributed by atoms with Crippen LogP contribution >= 0.6 is 0 Å². The molecule has 1 saturated heterocycles. The van der Waals surface area contributed by atoms with E-state index in [1.165, 1.54) is 0 Å². The Kier molecular flexibility index (Phi) is 4.92. The Morgan fingerprint density at radius 2 is 2.08 bits per heavy atom. The normalized spacial score (nSPS) is 31.8. The summed E-state index contributed by atoms with van der Waals surface area (Å²) in [5.74, 6) is 0.857. The summed E-state index contributed by atoms with van der Waals surface area (Å²) in [6.45, 7) is 1.45. The number of nitrogens with one attached hydrogen (secondary N) is 1. The fourth-order valence-corrected chi connectivity index (χ4v) is 3.74. The molecule has 4 rings (SSSR count). The molecule has 2 aliphatic heterocycles. The summed E-state index contributed by atoms with van der Waals surface area (Å²) in [4.78, 5) is 6.99. The van der Waals surface area contributed by atoms with Crippen molar-refractivity contribution in [1.82, 2.24) is 10.2 Å². The third-order valence-corrected chi connectivity index (χ3v) is 5.26. The highest BCUT2D eigenvalue weighted by molar-refractivity contribution is 5.30. The Labute approximate surface area is 148 Å². The van der Waals surface area contributed by atoms with Crippen molar-refractivity contribution in [3.8, 4) is 5.75 Å². The van der Waals surface area contributed by atoms with Crippen LogP contribution in [0.2, 0.25) is 0 Å². The standard InChI is InChI=1S/C19H27N3O3/c1-22-11-13-2-7-16(25-17-8-9-24-12-17)10-18(13)21-19(22)20-14-3-5-15(23)6-4-14/h2,7,10-11,14-15,17,19-20,23H,3-6,8-9,12H2,1H3/t14-,15-,17-,19?/m0/s1. The van der Waals surface area contributed by atoms with Crippen LogP contribution in [0.15, 0.2) is 23.2 Å². The minimum absolute atomic E-state index is 0.0715. The molecule has 0 aromatic heterocycles. The van der Waals surface area contributed by atoms with Crippen molar-refractivity contribution < 1.29 is 14.6 Å². The van der Waals surface area contributed by atoms with Gasteiger partial charge < -0.3 is 19.5 Å². The molecule has 25 heavy (non-hydrogen) atoms. The molecular weight excluding hydrogens is 318 g/mol. The Morgan fingerprint density at radius 1 is 1.24 bits per heavy atom. The van der Waals surface area contributed by atoms with Crippen LogP contribution < -0.4 is 20.6 Å². The number of hydrogen-bond acceptors (Lipinski definition) is 6. The molecule has 1 saturated carbocycles. The van der Waals surface area contributed by atoms with Crippen LogP contribution in [0.5, 0.6) is 5.75 Å². The van der Waals surface area contributed by atoms with Gasteiger partial charge in [0.1, 0.15) is 11.9 Å². The number of rotatable bonds is 4. The molecule has 2 atom stereocenters. The maximum Gasteiger partial charge on any atom is 0.176 e. The predicted molar refractivity (Wildman–Crippen MR) is 94.5 cm³/mol. The molecule has 2 fully saturated rings. The molecule has 0 amide bonds. The highest BCUT2D eigenvalue weighted by atomic mass is 16.5. The van der Waals surface area contributed by atoms with Crippen molar-refractivity contribution in [1.29, 1.82) is 0 Å². The lowest BCUT2D eigenvalue weighted by Gasteiger charge is -2.33. The minimum Gasteiger partial charge on any atom is -0.488 e. The topological polar surface area (TPSA) is 66.3 Å². The van der Waals surface area contributed by atoms with Gasteiger partial charge in [0.15, 0.2) is 6.29 Å². The SMILES string of the molecule is CN1C=c2ccc(O[C@H]3CCOC3)cc2=NC1N[C@H]1CC[C@H](O)CC1. The number of ether oxygens (including phenoxy) is 2. The second kappa shape index (κ2) is 7.32. The average molecular weight is 345 g/mol. The second-order valence-electron chi connectivity index (χ2n) is 7.29. The molecule has 136 valence electrons. The van der Waals surface area contributed by atoms with E-state index >= 15 is 0 Å². The van der Waals surface area contributed by atoms with Gasteiger partial charge in [0.05, 0.1) is 24.7 Å². The van der Waals surface area contributed by atoms with E-state index < -0.39 is 0 Å². The van der Waals surface area contributed by atoms with Crippen molar-refractivity contribution in [2.45, 2.75) is 56.6 Å². The smallest absolute Gasteiger partial charge is 0.176 e. The number of aliphatic hydroxyl groups is 1. The van der Waals surface area contributed by atoms with Crippen molar-refractivity contribution >= 4 is 6.20 Å². The summed E-state index contributed by atoms with van der Waals surface area (Å²) in [7, 11) is 2.04. The average Bonchev–Trinajstić information content (AvgIpc) is 3.11. The first-order valence-corrected chi connectivity index (χ1v) is 9.27. The number of fused-ring (bicyclic) bond motifs is 1. The van der Waals surface area contributed by atoms with Crippen molar-refractivity contribution in [3.05, 3.63) is 28.8 Å². The van der Waals surface area contributed by atoms with Gasteiger partial charge in [0, 0.05) is 37.0 Å². The van der Waals surface area contributed by atoms with E-state index in [0.29, 0.717) is 12.6 Å². The van der Waals surface area contributed by atoms with E-state index in [1.54, 1.807) is 0 Å². The third-order valence-electron chi connectivity index (χ3n) is 5.26. The van der Waals surface area contributed by atoms with Crippen LogP contribution in [0.3, 0.4) is 0 Å². The summed E-state index contributed by atoms with van der Waals surface area (Å²) < 4.78 is 11.4. The molecule has 1 unspecified atom stereocenters. The number of benzene rings is 1.